The molecule has 0 radical (unpaired) electrons. The zero-order valence-electron chi connectivity index (χ0n) is 9.12. The fraction of sp³-hybridized carbons (Fsp3) is 0.333. The first-order valence-electron chi connectivity index (χ1n) is 4.94. The fourth-order valence-corrected chi connectivity index (χ4v) is 2.05. The van der Waals surface area contributed by atoms with Crippen molar-refractivity contribution in [1.82, 2.24) is 0 Å². The number of rotatable bonds is 1. The van der Waals surface area contributed by atoms with Crippen molar-refractivity contribution in [1.29, 1.82) is 5.26 Å². The van der Waals surface area contributed by atoms with Crippen LogP contribution in [0.3, 0.4) is 0 Å². The fourth-order valence-electron chi connectivity index (χ4n) is 1.48. The minimum absolute atomic E-state index is 0.166. The molecule has 0 amide bonds. The Morgan fingerprint density at radius 3 is 2.81 bits per heavy atom. The van der Waals surface area contributed by atoms with E-state index in [2.05, 4.69) is 33.7 Å². The molecule has 1 heterocycles. The van der Waals surface area contributed by atoms with E-state index in [0.717, 1.165) is 9.13 Å². The molecule has 1 aromatic carbocycles. The Kier molecular flexibility index (Phi) is 2.89. The van der Waals surface area contributed by atoms with Gasteiger partial charge in [0.15, 0.2) is 0 Å². The number of aliphatic imine (C=N–C) groups is 1. The number of hydrogen-bond donors (Lipinski definition) is 0. The van der Waals surface area contributed by atoms with E-state index < -0.39 is 0 Å². The molecule has 0 spiro atoms. The van der Waals surface area contributed by atoms with E-state index in [0.29, 0.717) is 18.1 Å². The molecule has 0 bridgehead atoms. The van der Waals surface area contributed by atoms with E-state index in [-0.39, 0.29) is 5.54 Å². The Morgan fingerprint density at radius 1 is 1.50 bits per heavy atom. The highest BCUT2D eigenvalue weighted by Crippen LogP contribution is 2.24. The van der Waals surface area contributed by atoms with Crippen molar-refractivity contribution >= 4 is 28.5 Å². The van der Waals surface area contributed by atoms with Crippen molar-refractivity contribution in [2.75, 3.05) is 6.61 Å². The van der Waals surface area contributed by atoms with Crippen molar-refractivity contribution in [3.63, 3.8) is 0 Å². The lowest BCUT2D eigenvalue weighted by atomic mass is 10.1. The van der Waals surface area contributed by atoms with Crippen LogP contribution < -0.4 is 0 Å². The molecule has 1 aliphatic rings. The second kappa shape index (κ2) is 4.06. The van der Waals surface area contributed by atoms with Crippen molar-refractivity contribution in [2.45, 2.75) is 19.4 Å². The van der Waals surface area contributed by atoms with Crippen LogP contribution in [-0.4, -0.2) is 18.0 Å². The molecule has 0 fully saturated rings. The van der Waals surface area contributed by atoms with Crippen LogP contribution in [-0.2, 0) is 4.74 Å². The number of benzene rings is 1. The monoisotopic (exact) mass is 326 g/mol. The normalized spacial score (nSPS) is 17.5. The summed E-state index contributed by atoms with van der Waals surface area (Å²) in [5, 5.41) is 8.87. The third kappa shape index (κ3) is 2.19. The molecule has 82 valence electrons. The Labute approximate surface area is 108 Å². The first-order chi connectivity index (χ1) is 7.52. The molecule has 0 aromatic heterocycles. The van der Waals surface area contributed by atoms with Crippen molar-refractivity contribution in [3.8, 4) is 6.07 Å². The molecular weight excluding hydrogens is 315 g/mol. The summed E-state index contributed by atoms with van der Waals surface area (Å²) in [5.41, 5.74) is 1.37. The first kappa shape index (κ1) is 11.4. The molecule has 0 saturated heterocycles. The molecule has 4 heteroatoms. The topological polar surface area (TPSA) is 45.4 Å². The van der Waals surface area contributed by atoms with Gasteiger partial charge in [0.1, 0.15) is 6.61 Å². The zero-order chi connectivity index (χ0) is 11.8. The van der Waals surface area contributed by atoms with Crippen LogP contribution in [0.4, 0.5) is 0 Å². The number of nitrogens with zero attached hydrogens (tertiary/aromatic N) is 2. The predicted molar refractivity (Wildman–Crippen MR) is 70.4 cm³/mol. The summed E-state index contributed by atoms with van der Waals surface area (Å²) in [6, 6.07) is 7.65. The van der Waals surface area contributed by atoms with Crippen molar-refractivity contribution in [3.05, 3.63) is 32.9 Å². The number of ether oxygens (including phenoxy) is 1. The number of hydrogen-bond acceptors (Lipinski definition) is 3. The molecule has 0 saturated carbocycles. The molecule has 0 unspecified atom stereocenters. The van der Waals surface area contributed by atoms with Crippen LogP contribution in [0.1, 0.15) is 25.0 Å². The third-order valence-corrected chi connectivity index (χ3v) is 3.23. The van der Waals surface area contributed by atoms with Gasteiger partial charge in [0, 0.05) is 3.57 Å². The van der Waals surface area contributed by atoms with E-state index in [1.165, 1.54) is 0 Å². The summed E-state index contributed by atoms with van der Waals surface area (Å²) >= 11 is 2.22. The molecular formula is C12H11IN2O. The molecule has 0 N–H and O–H groups in total. The van der Waals surface area contributed by atoms with Gasteiger partial charge in [-0.1, -0.05) is 0 Å². The lowest BCUT2D eigenvalue weighted by Crippen LogP contribution is -2.17. The highest BCUT2D eigenvalue weighted by molar-refractivity contribution is 14.1. The number of halogens is 1. The molecule has 2 rings (SSSR count). The smallest absolute Gasteiger partial charge is 0.217 e. The summed E-state index contributed by atoms with van der Waals surface area (Å²) in [7, 11) is 0. The summed E-state index contributed by atoms with van der Waals surface area (Å²) in [6.45, 7) is 4.65. The Bertz CT molecular complexity index is 500. The molecule has 1 aliphatic heterocycles. The first-order valence-corrected chi connectivity index (χ1v) is 6.02. The molecule has 0 atom stereocenters. The van der Waals surface area contributed by atoms with Gasteiger partial charge in [0.25, 0.3) is 0 Å². The zero-order valence-corrected chi connectivity index (χ0v) is 11.3. The van der Waals surface area contributed by atoms with Crippen LogP contribution in [0.5, 0.6) is 0 Å². The summed E-state index contributed by atoms with van der Waals surface area (Å²) in [6.07, 6.45) is 0. The average Bonchev–Trinajstić information content (AvgIpc) is 2.59. The quantitative estimate of drug-likeness (QED) is 0.745. The van der Waals surface area contributed by atoms with Gasteiger partial charge < -0.3 is 4.74 Å². The van der Waals surface area contributed by atoms with Crippen molar-refractivity contribution in [2.24, 2.45) is 4.99 Å². The van der Waals surface area contributed by atoms with Crippen LogP contribution in [0, 0.1) is 14.9 Å². The molecule has 1 aromatic rings. The standard InChI is InChI=1S/C12H11IN2O/c1-12(2)7-16-11(15-12)9-5-8(6-14)3-4-10(9)13/h3-5H,7H2,1-2H3. The maximum absolute atomic E-state index is 8.87. The van der Waals surface area contributed by atoms with Crippen LogP contribution in [0.2, 0.25) is 0 Å². The van der Waals surface area contributed by atoms with Gasteiger partial charge in [-0.15, -0.1) is 0 Å². The highest BCUT2D eigenvalue weighted by atomic mass is 127. The van der Waals surface area contributed by atoms with Gasteiger partial charge in [0.2, 0.25) is 5.90 Å². The lowest BCUT2D eigenvalue weighted by Gasteiger charge is -2.07. The Hall–Kier alpha value is -1.09. The highest BCUT2D eigenvalue weighted by Gasteiger charge is 2.27. The van der Waals surface area contributed by atoms with Crippen molar-refractivity contribution < 1.29 is 4.74 Å². The van der Waals surface area contributed by atoms with E-state index in [9.17, 15) is 0 Å². The number of nitriles is 1. The SMILES string of the molecule is CC1(C)COC(c2cc(C#N)ccc2I)=N1. The van der Waals surface area contributed by atoms with Gasteiger partial charge in [-0.2, -0.15) is 5.26 Å². The maximum Gasteiger partial charge on any atom is 0.217 e. The van der Waals surface area contributed by atoms with Crippen LogP contribution in [0.25, 0.3) is 0 Å². The molecule has 0 aliphatic carbocycles. The van der Waals surface area contributed by atoms with E-state index >= 15 is 0 Å². The van der Waals surface area contributed by atoms with E-state index in [1.54, 1.807) is 6.07 Å². The third-order valence-electron chi connectivity index (χ3n) is 2.29. The average molecular weight is 326 g/mol. The predicted octanol–water partition coefficient (Wildman–Crippen LogP) is 2.72. The van der Waals surface area contributed by atoms with Gasteiger partial charge in [-0.3, -0.25) is 0 Å². The largest absolute Gasteiger partial charge is 0.475 e. The Balaban J connectivity index is 2.46. The van der Waals surface area contributed by atoms with Crippen LogP contribution in [0.15, 0.2) is 23.2 Å². The minimum atomic E-state index is -0.166. The van der Waals surface area contributed by atoms with E-state index in [1.807, 2.05) is 26.0 Å². The van der Waals surface area contributed by atoms with Gasteiger partial charge >= 0.3 is 0 Å². The van der Waals surface area contributed by atoms with Gasteiger partial charge in [-0.25, -0.2) is 4.99 Å². The maximum atomic E-state index is 8.87. The Morgan fingerprint density at radius 2 is 2.25 bits per heavy atom. The summed E-state index contributed by atoms with van der Waals surface area (Å²) < 4.78 is 6.62. The summed E-state index contributed by atoms with van der Waals surface area (Å²) in [4.78, 5) is 4.51. The minimum Gasteiger partial charge on any atom is -0.475 e. The molecule has 16 heavy (non-hydrogen) atoms. The van der Waals surface area contributed by atoms with E-state index in [4.69, 9.17) is 10.00 Å². The van der Waals surface area contributed by atoms with Gasteiger partial charge in [-0.05, 0) is 54.6 Å². The second-order valence-electron chi connectivity index (χ2n) is 4.32. The van der Waals surface area contributed by atoms with Crippen LogP contribution >= 0.6 is 22.6 Å². The second-order valence-corrected chi connectivity index (χ2v) is 5.49. The van der Waals surface area contributed by atoms with Gasteiger partial charge in [0.05, 0.1) is 22.7 Å². The lowest BCUT2D eigenvalue weighted by molar-refractivity contribution is 0.279. The summed E-state index contributed by atoms with van der Waals surface area (Å²) in [5.74, 6) is 0.645. The molecule has 3 nitrogen and oxygen atoms in total.